The molecule has 0 radical (unpaired) electrons. The maximum absolute atomic E-state index is 12.6. The number of fused-ring (bicyclic) bond motifs is 1. The number of thiophene rings is 1. The number of anilines is 1. The fraction of sp³-hybridized carbons (Fsp3) is 0.250. The zero-order chi connectivity index (χ0) is 20.4. The number of aryl methyl sites for hydroxylation is 1. The van der Waals surface area contributed by atoms with E-state index >= 15 is 0 Å². The van der Waals surface area contributed by atoms with Gasteiger partial charge in [-0.25, -0.2) is 4.68 Å². The zero-order valence-corrected chi connectivity index (χ0v) is 17.6. The van der Waals surface area contributed by atoms with Crippen molar-refractivity contribution in [3.63, 3.8) is 0 Å². The fourth-order valence-corrected chi connectivity index (χ4v) is 4.92. The van der Waals surface area contributed by atoms with Crippen molar-refractivity contribution in [1.82, 2.24) is 9.78 Å². The van der Waals surface area contributed by atoms with E-state index in [-0.39, 0.29) is 18.3 Å². The van der Waals surface area contributed by atoms with Crippen LogP contribution in [0.15, 0.2) is 30.5 Å². The lowest BCUT2D eigenvalue weighted by atomic mass is 9.96. The average Bonchev–Trinajstić information content (AvgIpc) is 3.31. The molecule has 0 saturated carbocycles. The quantitative estimate of drug-likeness (QED) is 0.576. The molecule has 3 aromatic rings. The number of halogens is 2. The van der Waals surface area contributed by atoms with Crippen LogP contribution >= 0.6 is 34.5 Å². The van der Waals surface area contributed by atoms with Gasteiger partial charge in [-0.05, 0) is 55.5 Å². The van der Waals surface area contributed by atoms with Gasteiger partial charge in [0.2, 0.25) is 0 Å². The van der Waals surface area contributed by atoms with Crippen LogP contribution < -0.4 is 10.1 Å². The highest BCUT2D eigenvalue weighted by Gasteiger charge is 2.22. The number of carbonyl (C=O) groups excluding carboxylic acids is 1. The number of carbonyl (C=O) groups is 1. The molecule has 148 valence electrons. The molecule has 1 N–H and O–H groups in total. The van der Waals surface area contributed by atoms with Crippen molar-refractivity contribution in [3.05, 3.63) is 62.2 Å². The molecule has 2 aromatic heterocycles. The molecular formula is C20H16Cl2N4O2S. The Morgan fingerprint density at radius 1 is 1.31 bits per heavy atom. The largest absolute Gasteiger partial charge is 0.470 e. The third-order valence-electron chi connectivity index (χ3n) is 4.63. The number of benzene rings is 1. The number of hydrogen-bond acceptors (Lipinski definition) is 5. The van der Waals surface area contributed by atoms with Crippen molar-refractivity contribution in [2.75, 3.05) is 5.32 Å². The van der Waals surface area contributed by atoms with E-state index in [1.807, 2.05) is 0 Å². The van der Waals surface area contributed by atoms with Gasteiger partial charge in [0.25, 0.3) is 5.91 Å². The van der Waals surface area contributed by atoms with Crippen LogP contribution in [0.5, 0.6) is 5.75 Å². The van der Waals surface area contributed by atoms with Crippen molar-refractivity contribution in [3.8, 4) is 11.8 Å². The molecule has 1 amide bonds. The molecule has 0 fully saturated rings. The van der Waals surface area contributed by atoms with Crippen LogP contribution in [-0.2, 0) is 19.6 Å². The smallest absolute Gasteiger partial charge is 0.276 e. The van der Waals surface area contributed by atoms with Gasteiger partial charge >= 0.3 is 0 Å². The number of amides is 1. The second-order valence-corrected chi connectivity index (χ2v) is 8.52. The first-order valence-corrected chi connectivity index (χ1v) is 10.6. The lowest BCUT2D eigenvalue weighted by molar-refractivity contribution is 0.102. The Morgan fingerprint density at radius 2 is 2.14 bits per heavy atom. The lowest BCUT2D eigenvalue weighted by Crippen LogP contribution is -2.14. The Labute approximate surface area is 181 Å². The maximum atomic E-state index is 12.6. The third kappa shape index (κ3) is 4.25. The van der Waals surface area contributed by atoms with Crippen LogP contribution in [0.2, 0.25) is 10.0 Å². The molecule has 29 heavy (non-hydrogen) atoms. The Kier molecular flexibility index (Phi) is 5.76. The molecule has 0 spiro atoms. The summed E-state index contributed by atoms with van der Waals surface area (Å²) in [6, 6.07) is 8.78. The topological polar surface area (TPSA) is 79.9 Å². The van der Waals surface area contributed by atoms with Crippen LogP contribution in [0.3, 0.4) is 0 Å². The average molecular weight is 447 g/mol. The second-order valence-electron chi connectivity index (χ2n) is 6.57. The normalized spacial score (nSPS) is 12.9. The Morgan fingerprint density at radius 3 is 2.93 bits per heavy atom. The van der Waals surface area contributed by atoms with Gasteiger partial charge in [-0.15, -0.1) is 11.3 Å². The molecule has 6 nitrogen and oxygen atoms in total. The van der Waals surface area contributed by atoms with Gasteiger partial charge in [-0.2, -0.15) is 10.4 Å². The number of nitriles is 1. The second kappa shape index (κ2) is 8.46. The molecule has 0 saturated heterocycles. The maximum Gasteiger partial charge on any atom is 0.276 e. The molecule has 0 bridgehead atoms. The molecule has 1 aliphatic rings. The molecule has 0 atom stereocenters. The zero-order valence-electron chi connectivity index (χ0n) is 15.2. The third-order valence-corrected chi connectivity index (χ3v) is 6.37. The van der Waals surface area contributed by atoms with Gasteiger partial charge in [-0.3, -0.25) is 4.79 Å². The summed E-state index contributed by atoms with van der Waals surface area (Å²) in [6.07, 6.45) is 5.69. The van der Waals surface area contributed by atoms with E-state index < -0.39 is 0 Å². The number of nitrogens with zero attached hydrogens (tertiary/aromatic N) is 3. The van der Waals surface area contributed by atoms with Crippen molar-refractivity contribution >= 4 is 45.4 Å². The number of nitrogens with one attached hydrogen (secondary N) is 1. The summed E-state index contributed by atoms with van der Waals surface area (Å²) in [4.78, 5) is 13.8. The highest BCUT2D eigenvalue weighted by atomic mass is 35.5. The lowest BCUT2D eigenvalue weighted by Gasteiger charge is -2.09. The van der Waals surface area contributed by atoms with Crippen molar-refractivity contribution < 1.29 is 9.53 Å². The van der Waals surface area contributed by atoms with Crippen LogP contribution in [0, 0.1) is 11.3 Å². The Bertz CT molecular complexity index is 1120. The van der Waals surface area contributed by atoms with E-state index in [0.29, 0.717) is 26.4 Å². The number of ether oxygens (including phenoxy) is 1. The van der Waals surface area contributed by atoms with Crippen molar-refractivity contribution in [1.29, 1.82) is 5.26 Å². The summed E-state index contributed by atoms with van der Waals surface area (Å²) in [5, 5.41) is 18.1. The SMILES string of the molecule is N#Cc1c(NC(=O)c2ccn(COc3ccc(Cl)cc3Cl)n2)sc2c1CCCC2. The molecule has 4 rings (SSSR count). The highest BCUT2D eigenvalue weighted by molar-refractivity contribution is 7.16. The predicted molar refractivity (Wildman–Crippen MR) is 113 cm³/mol. The van der Waals surface area contributed by atoms with Crippen molar-refractivity contribution in [2.45, 2.75) is 32.4 Å². The minimum atomic E-state index is -0.358. The molecule has 0 aliphatic heterocycles. The highest BCUT2D eigenvalue weighted by Crippen LogP contribution is 2.37. The summed E-state index contributed by atoms with van der Waals surface area (Å²) >= 11 is 13.4. The minimum absolute atomic E-state index is 0.0887. The Hall–Kier alpha value is -2.53. The molecular weight excluding hydrogens is 431 g/mol. The molecule has 2 heterocycles. The van der Waals surface area contributed by atoms with Crippen LogP contribution in [0.1, 0.15) is 39.3 Å². The van der Waals surface area contributed by atoms with E-state index in [1.54, 1.807) is 30.5 Å². The summed E-state index contributed by atoms with van der Waals surface area (Å²) in [5.74, 6) is 0.115. The molecule has 9 heteroatoms. The first kappa shape index (κ1) is 19.8. The van der Waals surface area contributed by atoms with Crippen molar-refractivity contribution in [2.24, 2.45) is 0 Å². The van der Waals surface area contributed by atoms with E-state index in [1.165, 1.54) is 20.9 Å². The summed E-state index contributed by atoms with van der Waals surface area (Å²) < 4.78 is 7.11. The van der Waals surface area contributed by atoms with Gasteiger partial charge in [0.05, 0.1) is 10.6 Å². The van der Waals surface area contributed by atoms with E-state index in [2.05, 4.69) is 16.5 Å². The van der Waals surface area contributed by atoms with Gasteiger partial charge in [-0.1, -0.05) is 23.2 Å². The molecule has 1 aromatic carbocycles. The van der Waals surface area contributed by atoms with Gasteiger partial charge in [0.15, 0.2) is 12.4 Å². The number of rotatable bonds is 5. The summed E-state index contributed by atoms with van der Waals surface area (Å²) in [5.41, 5.74) is 1.90. The summed E-state index contributed by atoms with van der Waals surface area (Å²) in [7, 11) is 0. The van der Waals surface area contributed by atoms with E-state index in [9.17, 15) is 10.1 Å². The van der Waals surface area contributed by atoms with E-state index in [4.69, 9.17) is 27.9 Å². The number of aromatic nitrogens is 2. The minimum Gasteiger partial charge on any atom is -0.470 e. The molecule has 0 unspecified atom stereocenters. The first-order chi connectivity index (χ1) is 14.0. The standard InChI is InChI=1S/C20H16Cl2N4O2S/c21-12-5-6-17(15(22)9-12)28-11-26-8-7-16(25-26)19(27)24-20-14(10-23)13-3-1-2-4-18(13)29-20/h5-9H,1-4,11H2,(H,24,27). The fourth-order valence-electron chi connectivity index (χ4n) is 3.22. The van der Waals surface area contributed by atoms with E-state index in [0.717, 1.165) is 31.2 Å². The van der Waals surface area contributed by atoms with Gasteiger partial charge in [0.1, 0.15) is 16.8 Å². The van der Waals surface area contributed by atoms with Gasteiger partial charge < -0.3 is 10.1 Å². The van der Waals surface area contributed by atoms with Crippen LogP contribution in [0.25, 0.3) is 0 Å². The predicted octanol–water partition coefficient (Wildman–Crippen LogP) is 5.29. The van der Waals surface area contributed by atoms with Gasteiger partial charge in [0, 0.05) is 16.1 Å². The van der Waals surface area contributed by atoms with Crippen LogP contribution in [-0.4, -0.2) is 15.7 Å². The summed E-state index contributed by atoms with van der Waals surface area (Å²) in [6.45, 7) is 0.0887. The Balaban J connectivity index is 1.44. The first-order valence-electron chi connectivity index (χ1n) is 9.02. The number of hydrogen-bond donors (Lipinski definition) is 1. The van der Waals surface area contributed by atoms with Crippen LogP contribution in [0.4, 0.5) is 5.00 Å². The molecule has 1 aliphatic carbocycles. The monoisotopic (exact) mass is 446 g/mol.